The lowest BCUT2D eigenvalue weighted by Gasteiger charge is -2.22. The fourth-order valence-electron chi connectivity index (χ4n) is 1.83. The van der Waals surface area contributed by atoms with Crippen molar-refractivity contribution in [3.8, 4) is 5.75 Å². The molecule has 0 aliphatic carbocycles. The van der Waals surface area contributed by atoms with Crippen molar-refractivity contribution >= 4 is 5.69 Å². The van der Waals surface area contributed by atoms with E-state index < -0.39 is 6.23 Å². The van der Waals surface area contributed by atoms with Crippen molar-refractivity contribution in [1.82, 2.24) is 0 Å². The molecule has 1 fully saturated rings. The zero-order chi connectivity index (χ0) is 10.1. The zero-order valence-corrected chi connectivity index (χ0v) is 8.27. The average Bonchev–Trinajstić information content (AvgIpc) is 2.57. The Hall–Kier alpha value is -1.22. The van der Waals surface area contributed by atoms with Crippen LogP contribution in [0.1, 0.15) is 18.4 Å². The molecule has 1 heterocycles. The topological polar surface area (TPSA) is 43.7 Å². The van der Waals surface area contributed by atoms with Gasteiger partial charge in [-0.15, -0.1) is 0 Å². The first-order valence-corrected chi connectivity index (χ1v) is 4.93. The molecule has 1 aliphatic heterocycles. The molecule has 1 saturated heterocycles. The maximum Gasteiger partial charge on any atom is 0.126 e. The van der Waals surface area contributed by atoms with Gasteiger partial charge in [0.05, 0.1) is 0 Å². The van der Waals surface area contributed by atoms with Gasteiger partial charge in [0.25, 0.3) is 0 Å². The van der Waals surface area contributed by atoms with Crippen molar-refractivity contribution in [1.29, 1.82) is 0 Å². The molecule has 0 radical (unpaired) electrons. The highest BCUT2D eigenvalue weighted by molar-refractivity contribution is 5.53. The van der Waals surface area contributed by atoms with E-state index in [2.05, 4.69) is 0 Å². The molecular weight excluding hydrogens is 178 g/mol. The number of nitrogens with zero attached hydrogens (tertiary/aromatic N) is 1. The van der Waals surface area contributed by atoms with Gasteiger partial charge in [-0.05, 0) is 31.4 Å². The highest BCUT2D eigenvalue weighted by atomic mass is 16.3. The average molecular weight is 193 g/mol. The summed E-state index contributed by atoms with van der Waals surface area (Å²) < 4.78 is 0. The van der Waals surface area contributed by atoms with Gasteiger partial charge in [0.15, 0.2) is 0 Å². The van der Waals surface area contributed by atoms with Crippen LogP contribution in [-0.2, 0) is 0 Å². The molecule has 14 heavy (non-hydrogen) atoms. The van der Waals surface area contributed by atoms with Crippen molar-refractivity contribution < 1.29 is 10.2 Å². The number of anilines is 1. The molecule has 0 amide bonds. The molecule has 1 unspecified atom stereocenters. The van der Waals surface area contributed by atoms with Gasteiger partial charge in [0, 0.05) is 18.3 Å². The number of aryl methyl sites for hydroxylation is 1. The maximum atomic E-state index is 9.65. The van der Waals surface area contributed by atoms with Crippen molar-refractivity contribution in [2.24, 2.45) is 0 Å². The van der Waals surface area contributed by atoms with Crippen LogP contribution in [0.3, 0.4) is 0 Å². The van der Waals surface area contributed by atoms with Gasteiger partial charge in [-0.1, -0.05) is 6.07 Å². The number of phenols is 1. The molecule has 1 aliphatic rings. The smallest absolute Gasteiger partial charge is 0.126 e. The van der Waals surface area contributed by atoms with Gasteiger partial charge in [-0.3, -0.25) is 0 Å². The van der Waals surface area contributed by atoms with Crippen LogP contribution in [0, 0.1) is 6.92 Å². The van der Waals surface area contributed by atoms with E-state index in [-0.39, 0.29) is 0 Å². The van der Waals surface area contributed by atoms with Crippen LogP contribution in [0.5, 0.6) is 5.75 Å². The Morgan fingerprint density at radius 2 is 2.21 bits per heavy atom. The number of hydrogen-bond donors (Lipinski definition) is 2. The van der Waals surface area contributed by atoms with Crippen LogP contribution in [0.2, 0.25) is 0 Å². The van der Waals surface area contributed by atoms with Gasteiger partial charge in [0.2, 0.25) is 0 Å². The third-order valence-electron chi connectivity index (χ3n) is 2.75. The van der Waals surface area contributed by atoms with Crippen LogP contribution >= 0.6 is 0 Å². The van der Waals surface area contributed by atoms with Crippen molar-refractivity contribution in [3.63, 3.8) is 0 Å². The summed E-state index contributed by atoms with van der Waals surface area (Å²) in [7, 11) is 0. The van der Waals surface area contributed by atoms with Crippen LogP contribution in [0.4, 0.5) is 5.69 Å². The molecule has 2 rings (SSSR count). The number of benzene rings is 1. The predicted octanol–water partition coefficient (Wildman–Crippen LogP) is 1.62. The standard InChI is InChI=1S/C11H15NO2/c1-8-4-5-9(7-10(8)13)12-6-2-3-11(12)14/h4-5,7,11,13-14H,2-3,6H2,1H3. The number of aliphatic hydroxyl groups excluding tert-OH is 1. The molecule has 1 atom stereocenters. The Kier molecular flexibility index (Phi) is 2.33. The summed E-state index contributed by atoms with van der Waals surface area (Å²) in [4.78, 5) is 1.92. The quantitative estimate of drug-likeness (QED) is 0.712. The molecule has 0 spiro atoms. The molecule has 0 saturated carbocycles. The molecule has 0 aromatic heterocycles. The van der Waals surface area contributed by atoms with E-state index in [1.165, 1.54) is 0 Å². The van der Waals surface area contributed by atoms with Gasteiger partial charge in [0.1, 0.15) is 12.0 Å². The fraction of sp³-hybridized carbons (Fsp3) is 0.455. The SMILES string of the molecule is Cc1ccc(N2CCCC2O)cc1O. The molecule has 3 heteroatoms. The van der Waals surface area contributed by atoms with E-state index in [1.807, 2.05) is 24.0 Å². The second kappa shape index (κ2) is 3.50. The Balaban J connectivity index is 2.28. The minimum Gasteiger partial charge on any atom is -0.508 e. The van der Waals surface area contributed by atoms with Crippen molar-refractivity contribution in [2.75, 3.05) is 11.4 Å². The summed E-state index contributed by atoms with van der Waals surface area (Å²) in [6.07, 6.45) is 1.43. The van der Waals surface area contributed by atoms with Gasteiger partial charge < -0.3 is 15.1 Å². The molecule has 3 nitrogen and oxygen atoms in total. The number of aliphatic hydroxyl groups is 1. The minimum atomic E-state index is -0.392. The van der Waals surface area contributed by atoms with Gasteiger partial charge >= 0.3 is 0 Å². The van der Waals surface area contributed by atoms with E-state index in [0.29, 0.717) is 5.75 Å². The lowest BCUT2D eigenvalue weighted by atomic mass is 10.2. The van der Waals surface area contributed by atoms with Crippen LogP contribution in [0.15, 0.2) is 18.2 Å². The summed E-state index contributed by atoms with van der Waals surface area (Å²) in [5.41, 5.74) is 1.76. The van der Waals surface area contributed by atoms with Crippen LogP contribution < -0.4 is 4.90 Å². The summed E-state index contributed by atoms with van der Waals surface area (Å²) in [5, 5.41) is 19.2. The van der Waals surface area contributed by atoms with E-state index in [9.17, 15) is 10.2 Å². The summed E-state index contributed by atoms with van der Waals surface area (Å²) in [6.45, 7) is 2.73. The molecule has 0 bridgehead atoms. The normalized spacial score (nSPS) is 21.6. The molecule has 76 valence electrons. The van der Waals surface area contributed by atoms with Crippen LogP contribution in [-0.4, -0.2) is 23.0 Å². The summed E-state index contributed by atoms with van der Waals surface area (Å²) in [5.74, 6) is 0.293. The lowest BCUT2D eigenvalue weighted by molar-refractivity contribution is 0.185. The number of aromatic hydroxyl groups is 1. The largest absolute Gasteiger partial charge is 0.508 e. The van der Waals surface area contributed by atoms with E-state index in [4.69, 9.17) is 0 Å². The van der Waals surface area contributed by atoms with Crippen molar-refractivity contribution in [2.45, 2.75) is 26.0 Å². The fourth-order valence-corrected chi connectivity index (χ4v) is 1.83. The summed E-state index contributed by atoms with van der Waals surface area (Å²) in [6, 6.07) is 5.52. The Bertz CT molecular complexity index is 338. The van der Waals surface area contributed by atoms with Crippen LogP contribution in [0.25, 0.3) is 0 Å². The second-order valence-electron chi connectivity index (χ2n) is 3.79. The maximum absolute atomic E-state index is 9.65. The van der Waals surface area contributed by atoms with E-state index in [1.54, 1.807) is 6.07 Å². The van der Waals surface area contributed by atoms with Gasteiger partial charge in [-0.25, -0.2) is 0 Å². The molecule has 2 N–H and O–H groups in total. The zero-order valence-electron chi connectivity index (χ0n) is 8.27. The predicted molar refractivity (Wildman–Crippen MR) is 55.4 cm³/mol. The Morgan fingerprint density at radius 1 is 1.43 bits per heavy atom. The van der Waals surface area contributed by atoms with E-state index in [0.717, 1.165) is 30.6 Å². The number of phenolic OH excluding ortho intramolecular Hbond substituents is 1. The van der Waals surface area contributed by atoms with E-state index >= 15 is 0 Å². The number of hydrogen-bond acceptors (Lipinski definition) is 3. The molecule has 1 aromatic carbocycles. The Labute approximate surface area is 83.6 Å². The highest BCUT2D eigenvalue weighted by Crippen LogP contribution is 2.28. The third kappa shape index (κ3) is 1.55. The third-order valence-corrected chi connectivity index (χ3v) is 2.75. The molecule has 1 aromatic rings. The molecular formula is C11H15NO2. The number of rotatable bonds is 1. The monoisotopic (exact) mass is 193 g/mol. The summed E-state index contributed by atoms with van der Waals surface area (Å²) >= 11 is 0. The second-order valence-corrected chi connectivity index (χ2v) is 3.79. The lowest BCUT2D eigenvalue weighted by Crippen LogP contribution is -2.28. The highest BCUT2D eigenvalue weighted by Gasteiger charge is 2.22. The first-order valence-electron chi connectivity index (χ1n) is 4.93. The first-order chi connectivity index (χ1) is 6.68. The minimum absolute atomic E-state index is 0.293. The van der Waals surface area contributed by atoms with Gasteiger partial charge in [-0.2, -0.15) is 0 Å². The Morgan fingerprint density at radius 3 is 2.79 bits per heavy atom. The first kappa shape index (κ1) is 9.34. The van der Waals surface area contributed by atoms with Crippen molar-refractivity contribution in [3.05, 3.63) is 23.8 Å².